The molecular weight excluding hydrogens is 390 g/mol. The summed E-state index contributed by atoms with van der Waals surface area (Å²) in [6.07, 6.45) is 1.59. The van der Waals surface area contributed by atoms with E-state index in [1.54, 1.807) is 19.9 Å². The summed E-state index contributed by atoms with van der Waals surface area (Å²) in [4.78, 5) is 13.5. The van der Waals surface area contributed by atoms with E-state index in [4.69, 9.17) is 0 Å². The van der Waals surface area contributed by atoms with Gasteiger partial charge in [0, 0.05) is 5.41 Å². The van der Waals surface area contributed by atoms with E-state index in [0.29, 0.717) is 44.1 Å². The lowest BCUT2D eigenvalue weighted by atomic mass is 10.1. The van der Waals surface area contributed by atoms with Gasteiger partial charge in [0.2, 0.25) is 10.0 Å². The maximum atomic E-state index is 12.6. The lowest BCUT2D eigenvalue weighted by Gasteiger charge is -2.30. The summed E-state index contributed by atoms with van der Waals surface area (Å²) in [5, 5.41) is 14.8. The van der Waals surface area contributed by atoms with Gasteiger partial charge in [0.15, 0.2) is 6.67 Å². The molecule has 0 unspecified atom stereocenters. The first-order valence-corrected chi connectivity index (χ1v) is 10.9. The predicted octanol–water partition coefficient (Wildman–Crippen LogP) is -0.109. The van der Waals surface area contributed by atoms with E-state index in [1.165, 1.54) is 14.4 Å². The average Bonchev–Trinajstić information content (AvgIpc) is 2.72. The van der Waals surface area contributed by atoms with E-state index < -0.39 is 15.6 Å². The molecule has 2 heterocycles. The van der Waals surface area contributed by atoms with E-state index in [9.17, 15) is 18.5 Å². The minimum absolute atomic E-state index is 0.115. The number of nitrogens with zero attached hydrogens (tertiary/aromatic N) is 4. The standard InChI is InChI=1S/C20H23N5O3S/c1-16-17(2)22-25(20(26)19(16)14-21)15-23-9-11-24(12-10-23)29(27,28)13-8-18-6-4-3-5-7-18/h3-8,13H,9-12,15H2,1-2H3/p+1/b13-8+. The Hall–Kier alpha value is -2.80. The van der Waals surface area contributed by atoms with Crippen molar-refractivity contribution in [2.45, 2.75) is 20.5 Å². The molecule has 3 rings (SSSR count). The van der Waals surface area contributed by atoms with Gasteiger partial charge >= 0.3 is 0 Å². The number of aromatic nitrogens is 2. The number of hydrogen-bond acceptors (Lipinski definition) is 5. The van der Waals surface area contributed by atoms with Crippen LogP contribution in [0.2, 0.25) is 0 Å². The number of benzene rings is 1. The van der Waals surface area contributed by atoms with Crippen LogP contribution in [0.25, 0.3) is 6.08 Å². The number of quaternary nitrogens is 1. The molecule has 0 spiro atoms. The van der Waals surface area contributed by atoms with Crippen molar-refractivity contribution in [3.05, 3.63) is 68.5 Å². The fourth-order valence-electron chi connectivity index (χ4n) is 3.25. The van der Waals surface area contributed by atoms with Crippen molar-refractivity contribution < 1.29 is 13.3 Å². The summed E-state index contributed by atoms with van der Waals surface area (Å²) >= 11 is 0. The molecule has 8 nitrogen and oxygen atoms in total. The van der Waals surface area contributed by atoms with Crippen molar-refractivity contribution >= 4 is 16.1 Å². The first-order chi connectivity index (χ1) is 13.8. The number of piperazine rings is 1. The first kappa shape index (κ1) is 20.9. The van der Waals surface area contributed by atoms with E-state index in [2.05, 4.69) is 5.10 Å². The topological polar surface area (TPSA) is 100 Å². The normalized spacial score (nSPS) is 16.2. The number of nitrogens with one attached hydrogen (secondary N) is 1. The van der Waals surface area contributed by atoms with Crippen LogP contribution in [0.15, 0.2) is 40.5 Å². The fourth-order valence-corrected chi connectivity index (χ4v) is 4.45. The van der Waals surface area contributed by atoms with Crippen LogP contribution >= 0.6 is 0 Å². The quantitative estimate of drug-likeness (QED) is 0.736. The van der Waals surface area contributed by atoms with Crippen molar-refractivity contribution in [1.82, 2.24) is 14.1 Å². The van der Waals surface area contributed by atoms with Gasteiger partial charge in [-0.25, -0.2) is 8.42 Å². The van der Waals surface area contributed by atoms with Gasteiger partial charge in [0.25, 0.3) is 5.56 Å². The van der Waals surface area contributed by atoms with Crippen LogP contribution in [0, 0.1) is 25.2 Å². The molecule has 1 aromatic heterocycles. The highest BCUT2D eigenvalue weighted by molar-refractivity contribution is 7.92. The van der Waals surface area contributed by atoms with Crippen molar-refractivity contribution in [2.75, 3.05) is 26.2 Å². The van der Waals surface area contributed by atoms with Gasteiger partial charge in [-0.15, -0.1) is 0 Å². The van der Waals surface area contributed by atoms with Crippen molar-refractivity contribution in [2.24, 2.45) is 0 Å². The second-order valence-corrected chi connectivity index (χ2v) is 8.89. The van der Waals surface area contributed by atoms with Crippen molar-refractivity contribution in [3.8, 4) is 6.07 Å². The van der Waals surface area contributed by atoms with Gasteiger partial charge in [-0.05, 0) is 31.1 Å². The van der Waals surface area contributed by atoms with E-state index in [-0.39, 0.29) is 5.56 Å². The molecule has 1 aliphatic heterocycles. The highest BCUT2D eigenvalue weighted by atomic mass is 32.2. The lowest BCUT2D eigenvalue weighted by Crippen LogP contribution is -3.14. The summed E-state index contributed by atoms with van der Waals surface area (Å²) in [6.45, 7) is 5.63. The monoisotopic (exact) mass is 414 g/mol. The third-order valence-electron chi connectivity index (χ3n) is 5.14. The molecule has 1 aromatic carbocycles. The summed E-state index contributed by atoms with van der Waals surface area (Å²) in [5.74, 6) is 0. The number of hydrogen-bond donors (Lipinski definition) is 1. The fraction of sp³-hybridized carbons (Fsp3) is 0.350. The lowest BCUT2D eigenvalue weighted by molar-refractivity contribution is -0.927. The van der Waals surface area contributed by atoms with Crippen LogP contribution < -0.4 is 10.5 Å². The van der Waals surface area contributed by atoms with Crippen LogP contribution in [-0.2, 0) is 16.7 Å². The van der Waals surface area contributed by atoms with Crippen LogP contribution in [0.5, 0.6) is 0 Å². The largest absolute Gasteiger partial charge is 0.314 e. The van der Waals surface area contributed by atoms with Crippen molar-refractivity contribution in [3.63, 3.8) is 0 Å². The summed E-state index contributed by atoms with van der Waals surface area (Å²) in [7, 11) is -3.50. The predicted molar refractivity (Wildman–Crippen MR) is 109 cm³/mol. The zero-order valence-corrected chi connectivity index (χ0v) is 17.3. The minimum Gasteiger partial charge on any atom is -0.314 e. The maximum absolute atomic E-state index is 12.6. The van der Waals surface area contributed by atoms with Crippen LogP contribution in [0.1, 0.15) is 22.4 Å². The molecule has 0 radical (unpaired) electrons. The summed E-state index contributed by atoms with van der Waals surface area (Å²) in [5.41, 5.74) is 1.79. The Morgan fingerprint density at radius 2 is 1.86 bits per heavy atom. The summed E-state index contributed by atoms with van der Waals surface area (Å²) < 4.78 is 27.9. The molecule has 0 atom stereocenters. The zero-order chi connectivity index (χ0) is 21.0. The van der Waals surface area contributed by atoms with E-state index in [0.717, 1.165) is 10.5 Å². The second kappa shape index (κ2) is 8.69. The highest BCUT2D eigenvalue weighted by Gasteiger charge is 2.28. The maximum Gasteiger partial charge on any atom is 0.289 e. The molecular formula is C20H24N5O3S+. The van der Waals surface area contributed by atoms with Gasteiger partial charge in [-0.3, -0.25) is 4.79 Å². The van der Waals surface area contributed by atoms with Crippen LogP contribution in [-0.4, -0.2) is 48.7 Å². The Kier molecular flexibility index (Phi) is 6.27. The molecule has 0 amide bonds. The number of rotatable bonds is 5. The molecule has 9 heteroatoms. The van der Waals surface area contributed by atoms with Gasteiger partial charge < -0.3 is 4.90 Å². The molecule has 1 saturated heterocycles. The molecule has 1 aliphatic rings. The van der Waals surface area contributed by atoms with Gasteiger partial charge in [0.1, 0.15) is 11.6 Å². The first-order valence-electron chi connectivity index (χ1n) is 9.37. The molecule has 0 saturated carbocycles. The molecule has 29 heavy (non-hydrogen) atoms. The molecule has 0 bridgehead atoms. The van der Waals surface area contributed by atoms with Crippen LogP contribution in [0.4, 0.5) is 0 Å². The number of sulfonamides is 1. The molecule has 152 valence electrons. The zero-order valence-electron chi connectivity index (χ0n) is 16.5. The smallest absolute Gasteiger partial charge is 0.289 e. The number of nitriles is 1. The van der Waals surface area contributed by atoms with Gasteiger partial charge in [-0.1, -0.05) is 30.3 Å². The molecule has 1 N–H and O–H groups in total. The third-order valence-corrected chi connectivity index (χ3v) is 6.71. The molecule has 1 fully saturated rings. The second-order valence-electron chi connectivity index (χ2n) is 7.07. The molecule has 0 aliphatic carbocycles. The van der Waals surface area contributed by atoms with E-state index >= 15 is 0 Å². The SMILES string of the molecule is Cc1nn(C[NH+]2CCN(S(=O)(=O)/C=C/c3ccccc3)CC2)c(=O)c(C#N)c1C. The highest BCUT2D eigenvalue weighted by Crippen LogP contribution is 2.08. The third kappa shape index (κ3) is 4.79. The van der Waals surface area contributed by atoms with Crippen LogP contribution in [0.3, 0.4) is 0 Å². The minimum atomic E-state index is -3.50. The van der Waals surface area contributed by atoms with E-state index in [1.807, 2.05) is 36.4 Å². The Bertz CT molecular complexity index is 1110. The van der Waals surface area contributed by atoms with Gasteiger partial charge in [0.05, 0.1) is 31.9 Å². The Morgan fingerprint density at radius 3 is 2.48 bits per heavy atom. The average molecular weight is 415 g/mol. The summed E-state index contributed by atoms with van der Waals surface area (Å²) in [6, 6.07) is 11.2. The Morgan fingerprint density at radius 1 is 1.21 bits per heavy atom. The molecule has 2 aromatic rings. The number of aryl methyl sites for hydroxylation is 1. The Labute approximate surface area is 170 Å². The Balaban J connectivity index is 1.65. The van der Waals surface area contributed by atoms with Gasteiger partial charge in [-0.2, -0.15) is 19.3 Å². The van der Waals surface area contributed by atoms with Crippen molar-refractivity contribution in [1.29, 1.82) is 5.26 Å².